The zero-order valence-electron chi connectivity index (χ0n) is 16.5. The van der Waals surface area contributed by atoms with Crippen LogP contribution in [0.15, 0.2) is 77.8 Å². The molecule has 9 heteroatoms. The van der Waals surface area contributed by atoms with E-state index in [0.29, 0.717) is 21.5 Å². The lowest BCUT2D eigenvalue weighted by Crippen LogP contribution is -2.42. The summed E-state index contributed by atoms with van der Waals surface area (Å²) in [5, 5.41) is 10.7. The minimum absolute atomic E-state index is 0.0635. The van der Waals surface area contributed by atoms with Gasteiger partial charge < -0.3 is 10.1 Å². The second kappa shape index (κ2) is 8.74. The van der Waals surface area contributed by atoms with E-state index in [9.17, 15) is 22.7 Å². The van der Waals surface area contributed by atoms with Crippen LogP contribution in [-0.2, 0) is 21.2 Å². The molecule has 0 aliphatic carbocycles. The van der Waals surface area contributed by atoms with Gasteiger partial charge in [-0.05, 0) is 59.2 Å². The summed E-state index contributed by atoms with van der Waals surface area (Å²) in [5.74, 6) is -1.80. The number of sulfonamides is 1. The Hall–Kier alpha value is -3.20. The zero-order chi connectivity index (χ0) is 22.9. The number of aromatic nitrogens is 1. The molecule has 0 aliphatic heterocycles. The van der Waals surface area contributed by atoms with Crippen LogP contribution in [0.4, 0.5) is 4.39 Å². The van der Waals surface area contributed by atoms with E-state index in [2.05, 4.69) is 9.71 Å². The minimum Gasteiger partial charge on any atom is -0.480 e. The number of carboxylic acid groups (broad SMARTS) is 1. The Morgan fingerprint density at radius 1 is 1.03 bits per heavy atom. The molecule has 0 spiro atoms. The van der Waals surface area contributed by atoms with Gasteiger partial charge >= 0.3 is 5.97 Å². The smallest absolute Gasteiger partial charge is 0.322 e. The van der Waals surface area contributed by atoms with Gasteiger partial charge in [-0.3, -0.25) is 4.79 Å². The number of hydrogen-bond donors (Lipinski definition) is 3. The van der Waals surface area contributed by atoms with Crippen molar-refractivity contribution < 1.29 is 22.7 Å². The topological polar surface area (TPSA) is 99.3 Å². The molecule has 6 nitrogen and oxygen atoms in total. The van der Waals surface area contributed by atoms with Crippen molar-refractivity contribution in [3.05, 3.63) is 89.3 Å². The Bertz CT molecular complexity index is 1380. The SMILES string of the molecule is O=C(O)C(Cc1c[nH]c2ccc(F)cc12)NS(=O)(=O)c1ccc(-c2ccc(Cl)cc2)cc1. The fraction of sp³-hybridized carbons (Fsp3) is 0.0870. The Morgan fingerprint density at radius 2 is 1.66 bits per heavy atom. The number of benzene rings is 3. The second-order valence-corrected chi connectivity index (χ2v) is 9.40. The third-order valence-electron chi connectivity index (χ3n) is 5.09. The van der Waals surface area contributed by atoms with Crippen LogP contribution >= 0.6 is 11.6 Å². The van der Waals surface area contributed by atoms with Crippen molar-refractivity contribution in [3.63, 3.8) is 0 Å². The lowest BCUT2D eigenvalue weighted by Gasteiger charge is -2.15. The van der Waals surface area contributed by atoms with E-state index in [1.165, 1.54) is 30.3 Å². The van der Waals surface area contributed by atoms with Gasteiger partial charge in [0.05, 0.1) is 4.90 Å². The first-order valence-corrected chi connectivity index (χ1v) is 11.5. The van der Waals surface area contributed by atoms with Gasteiger partial charge in [0.2, 0.25) is 10.0 Å². The Labute approximate surface area is 188 Å². The van der Waals surface area contributed by atoms with Crippen LogP contribution in [-0.4, -0.2) is 30.5 Å². The third kappa shape index (κ3) is 4.67. The lowest BCUT2D eigenvalue weighted by molar-refractivity contribution is -0.138. The van der Waals surface area contributed by atoms with E-state index in [1.54, 1.807) is 30.5 Å². The Kier molecular flexibility index (Phi) is 6.01. The van der Waals surface area contributed by atoms with E-state index in [-0.39, 0.29) is 11.3 Å². The van der Waals surface area contributed by atoms with Gasteiger partial charge in [-0.15, -0.1) is 0 Å². The highest BCUT2D eigenvalue weighted by atomic mass is 35.5. The highest BCUT2D eigenvalue weighted by Gasteiger charge is 2.26. The second-order valence-electron chi connectivity index (χ2n) is 7.25. The molecule has 164 valence electrons. The number of hydrogen-bond acceptors (Lipinski definition) is 3. The van der Waals surface area contributed by atoms with Gasteiger partial charge in [0.1, 0.15) is 11.9 Å². The molecule has 4 aromatic rings. The molecule has 0 fully saturated rings. The van der Waals surface area contributed by atoms with Crippen LogP contribution in [0.3, 0.4) is 0 Å². The molecular weight excluding hydrogens is 455 g/mol. The average molecular weight is 473 g/mol. The highest BCUT2D eigenvalue weighted by molar-refractivity contribution is 7.89. The van der Waals surface area contributed by atoms with Crippen LogP contribution in [0.2, 0.25) is 5.02 Å². The molecule has 1 aromatic heterocycles. The number of H-pyrrole nitrogens is 1. The van der Waals surface area contributed by atoms with Crippen LogP contribution < -0.4 is 4.72 Å². The summed E-state index contributed by atoms with van der Waals surface area (Å²) in [6.45, 7) is 0. The van der Waals surface area contributed by atoms with Crippen LogP contribution in [0.25, 0.3) is 22.0 Å². The number of halogens is 2. The molecule has 0 bridgehead atoms. The number of carbonyl (C=O) groups is 1. The third-order valence-corrected chi connectivity index (χ3v) is 6.83. The van der Waals surface area contributed by atoms with Gasteiger partial charge in [0.25, 0.3) is 0 Å². The molecule has 1 heterocycles. The van der Waals surface area contributed by atoms with Crippen LogP contribution in [0.5, 0.6) is 0 Å². The van der Waals surface area contributed by atoms with E-state index in [4.69, 9.17) is 11.6 Å². The fourth-order valence-electron chi connectivity index (χ4n) is 3.44. The van der Waals surface area contributed by atoms with Gasteiger partial charge in [0.15, 0.2) is 0 Å². The summed E-state index contributed by atoms with van der Waals surface area (Å²) in [5.41, 5.74) is 2.77. The van der Waals surface area contributed by atoms with E-state index in [1.807, 2.05) is 12.1 Å². The number of carboxylic acids is 1. The number of rotatable bonds is 7. The van der Waals surface area contributed by atoms with Crippen molar-refractivity contribution in [2.24, 2.45) is 0 Å². The number of fused-ring (bicyclic) bond motifs is 1. The van der Waals surface area contributed by atoms with Crippen molar-refractivity contribution in [2.45, 2.75) is 17.4 Å². The molecule has 0 saturated carbocycles. The van der Waals surface area contributed by atoms with Crippen molar-refractivity contribution in [1.82, 2.24) is 9.71 Å². The average Bonchev–Trinajstić information content (AvgIpc) is 3.15. The summed E-state index contributed by atoms with van der Waals surface area (Å²) < 4.78 is 41.5. The first-order chi connectivity index (χ1) is 15.2. The van der Waals surface area contributed by atoms with Crippen LogP contribution in [0.1, 0.15) is 5.56 Å². The van der Waals surface area contributed by atoms with Crippen molar-refractivity contribution >= 4 is 38.5 Å². The monoisotopic (exact) mass is 472 g/mol. The first kappa shape index (κ1) is 22.0. The molecule has 1 unspecified atom stereocenters. The Morgan fingerprint density at radius 3 is 2.28 bits per heavy atom. The maximum absolute atomic E-state index is 13.6. The quantitative estimate of drug-likeness (QED) is 0.366. The largest absolute Gasteiger partial charge is 0.480 e. The fourth-order valence-corrected chi connectivity index (χ4v) is 4.76. The van der Waals surface area contributed by atoms with Crippen LogP contribution in [0, 0.1) is 5.82 Å². The molecule has 0 amide bonds. The molecule has 3 N–H and O–H groups in total. The van der Waals surface area contributed by atoms with Crippen molar-refractivity contribution in [3.8, 4) is 11.1 Å². The standard InChI is InChI=1S/C23H18ClFN2O4S/c24-17-5-1-14(2-6-17)15-3-8-19(9-4-15)32(30,31)27-22(23(28)29)11-16-13-26-21-10-7-18(25)12-20(16)21/h1-10,12-13,22,26-27H,11H2,(H,28,29). The molecular formula is C23H18ClFN2O4S. The molecule has 0 saturated heterocycles. The summed E-state index contributed by atoms with van der Waals surface area (Å²) in [6.07, 6.45) is 1.40. The summed E-state index contributed by atoms with van der Waals surface area (Å²) >= 11 is 5.89. The highest BCUT2D eigenvalue weighted by Crippen LogP contribution is 2.24. The maximum Gasteiger partial charge on any atom is 0.322 e. The summed E-state index contributed by atoms with van der Waals surface area (Å²) in [4.78, 5) is 14.7. The van der Waals surface area contributed by atoms with Crippen molar-refractivity contribution in [1.29, 1.82) is 0 Å². The van der Waals surface area contributed by atoms with E-state index in [0.717, 1.165) is 11.1 Å². The summed E-state index contributed by atoms with van der Waals surface area (Å²) in [7, 11) is -4.11. The molecule has 0 aliphatic rings. The van der Waals surface area contributed by atoms with Crippen molar-refractivity contribution in [2.75, 3.05) is 0 Å². The predicted molar refractivity (Wildman–Crippen MR) is 121 cm³/mol. The first-order valence-electron chi connectivity index (χ1n) is 9.59. The number of aromatic amines is 1. The Balaban J connectivity index is 1.56. The lowest BCUT2D eigenvalue weighted by atomic mass is 10.1. The summed E-state index contributed by atoms with van der Waals surface area (Å²) in [6, 6.07) is 15.9. The predicted octanol–water partition coefficient (Wildman–Crippen LogP) is 4.60. The molecule has 1 atom stereocenters. The van der Waals surface area contributed by atoms with Gasteiger partial charge in [-0.1, -0.05) is 35.9 Å². The minimum atomic E-state index is -4.11. The van der Waals surface area contributed by atoms with E-state index >= 15 is 0 Å². The molecule has 32 heavy (non-hydrogen) atoms. The maximum atomic E-state index is 13.6. The molecule has 4 rings (SSSR count). The molecule has 0 radical (unpaired) electrons. The zero-order valence-corrected chi connectivity index (χ0v) is 18.1. The van der Waals surface area contributed by atoms with E-state index < -0.39 is 27.9 Å². The van der Waals surface area contributed by atoms with Gasteiger partial charge in [-0.2, -0.15) is 4.72 Å². The molecule has 3 aromatic carbocycles. The normalized spacial score (nSPS) is 12.7. The number of aliphatic carboxylic acids is 1. The number of nitrogens with one attached hydrogen (secondary N) is 2. The van der Waals surface area contributed by atoms with Gasteiger partial charge in [-0.25, -0.2) is 12.8 Å². The van der Waals surface area contributed by atoms with Gasteiger partial charge in [0, 0.05) is 28.5 Å².